The van der Waals surface area contributed by atoms with E-state index in [2.05, 4.69) is 9.80 Å². The van der Waals surface area contributed by atoms with Gasteiger partial charge in [0.05, 0.1) is 39.3 Å². The van der Waals surface area contributed by atoms with Crippen molar-refractivity contribution in [3.05, 3.63) is 55.6 Å². The average Bonchev–Trinajstić information content (AvgIpc) is 2.65. The molecule has 2 aliphatic rings. The van der Waals surface area contributed by atoms with E-state index in [-0.39, 0.29) is 21.2 Å². The van der Waals surface area contributed by atoms with Crippen LogP contribution in [0.5, 0.6) is 0 Å². The molecule has 2 aliphatic heterocycles. The summed E-state index contributed by atoms with van der Waals surface area (Å²) in [6.07, 6.45) is 0. The largest absolute Gasteiger partial charge is 0.376 e. The van der Waals surface area contributed by atoms with Crippen molar-refractivity contribution in [1.29, 1.82) is 0 Å². The maximum absolute atomic E-state index is 11.4. The first kappa shape index (κ1) is 18.8. The van der Waals surface area contributed by atoms with Crippen LogP contribution in [-0.4, -0.2) is 44.7 Å². The fourth-order valence-corrected chi connectivity index (χ4v) is 4.20. The normalized spacial score (nSPS) is 14.2. The molecule has 0 aromatic heterocycles. The van der Waals surface area contributed by atoms with Gasteiger partial charge in [-0.3, -0.25) is 20.2 Å². The molecule has 0 aliphatic carbocycles. The first-order valence-electron chi connectivity index (χ1n) is 9.14. The summed E-state index contributed by atoms with van der Waals surface area (Å²) in [5, 5.41) is 22.9. The molecule has 0 unspecified atom stereocenters. The van der Waals surface area contributed by atoms with Gasteiger partial charge in [0.1, 0.15) is 0 Å². The van der Waals surface area contributed by atoms with Gasteiger partial charge in [-0.25, -0.2) is 0 Å². The number of nitrogens with zero attached hydrogens (tertiary/aromatic N) is 6. The Bertz CT molecular complexity index is 954. The van der Waals surface area contributed by atoms with Gasteiger partial charge in [-0.1, -0.05) is 0 Å². The second-order valence-electron chi connectivity index (χ2n) is 7.79. The van der Waals surface area contributed by atoms with E-state index in [9.17, 15) is 20.2 Å². The molecule has 10 nitrogen and oxygen atoms in total. The third-order valence-corrected chi connectivity index (χ3v) is 5.39. The van der Waals surface area contributed by atoms with Crippen molar-refractivity contribution in [3.8, 4) is 0 Å². The van der Waals surface area contributed by atoms with Crippen molar-refractivity contribution < 1.29 is 9.85 Å². The summed E-state index contributed by atoms with van der Waals surface area (Å²) in [4.78, 5) is 30.1. The number of fused-ring (bicyclic) bond motifs is 6. The smallest absolute Gasteiger partial charge is 0.271 e. The Kier molecular flexibility index (Phi) is 4.21. The molecule has 0 saturated heterocycles. The van der Waals surface area contributed by atoms with E-state index in [0.717, 1.165) is 33.9 Å². The average molecular weight is 398 g/mol. The van der Waals surface area contributed by atoms with Crippen LogP contribution in [-0.2, 0) is 13.1 Å². The van der Waals surface area contributed by atoms with Gasteiger partial charge >= 0.3 is 0 Å². The maximum atomic E-state index is 11.4. The molecule has 0 fully saturated rings. The first-order valence-corrected chi connectivity index (χ1v) is 9.14. The molecular weight excluding hydrogens is 376 g/mol. The number of non-ortho nitro benzene ring substituents is 2. The van der Waals surface area contributed by atoms with Crippen LogP contribution < -0.4 is 19.6 Å². The predicted molar refractivity (Wildman–Crippen MR) is 112 cm³/mol. The molecule has 2 bridgehead atoms. The van der Waals surface area contributed by atoms with E-state index >= 15 is 0 Å². The highest BCUT2D eigenvalue weighted by molar-refractivity contribution is 5.85. The summed E-state index contributed by atoms with van der Waals surface area (Å²) in [6.45, 7) is 1.62. The lowest BCUT2D eigenvalue weighted by Gasteiger charge is -2.46. The Morgan fingerprint density at radius 1 is 0.759 bits per heavy atom. The van der Waals surface area contributed by atoms with Gasteiger partial charge in [0, 0.05) is 76.7 Å². The molecule has 0 radical (unpaired) electrons. The third kappa shape index (κ3) is 2.96. The zero-order valence-electron chi connectivity index (χ0n) is 16.7. The Morgan fingerprint density at radius 3 is 1.45 bits per heavy atom. The minimum Gasteiger partial charge on any atom is -0.376 e. The standard InChI is InChI=1S/C19H22N6O4/c1-20(2)16-7-14(24(26)27)5-12-9-23-11-22(18(12)16)10-13-6-15(25(28)29)8-17(19(13)23)21(3)4/h5-8H,9-11H2,1-4H3. The fraction of sp³-hybridized carbons (Fsp3) is 0.368. The van der Waals surface area contributed by atoms with Gasteiger partial charge in [-0.05, 0) is 0 Å². The van der Waals surface area contributed by atoms with Crippen LogP contribution in [0.25, 0.3) is 0 Å². The van der Waals surface area contributed by atoms with Crippen molar-refractivity contribution in [2.75, 3.05) is 54.5 Å². The van der Waals surface area contributed by atoms with E-state index in [1.807, 2.05) is 38.0 Å². The van der Waals surface area contributed by atoms with Crippen molar-refractivity contribution in [2.45, 2.75) is 13.1 Å². The van der Waals surface area contributed by atoms with Crippen molar-refractivity contribution in [3.63, 3.8) is 0 Å². The highest BCUT2D eigenvalue weighted by Gasteiger charge is 2.36. The molecule has 2 aromatic carbocycles. The van der Waals surface area contributed by atoms with E-state index in [4.69, 9.17) is 0 Å². The van der Waals surface area contributed by atoms with Crippen molar-refractivity contribution in [1.82, 2.24) is 0 Å². The van der Waals surface area contributed by atoms with Gasteiger partial charge < -0.3 is 19.6 Å². The molecular formula is C19H22N6O4. The number of nitro groups is 2. The number of benzene rings is 2. The molecule has 152 valence electrons. The SMILES string of the molecule is CN(C)c1cc([N+](=O)[O-])cc2c1N1Cc3cc([N+](=O)[O-])cc(N(C)C)c3N(C2)C1. The fourth-order valence-electron chi connectivity index (χ4n) is 4.20. The Morgan fingerprint density at radius 2 is 1.14 bits per heavy atom. The summed E-state index contributed by atoms with van der Waals surface area (Å²) >= 11 is 0. The lowest BCUT2D eigenvalue weighted by Crippen LogP contribution is -2.47. The second kappa shape index (κ2) is 6.50. The summed E-state index contributed by atoms with van der Waals surface area (Å²) in [7, 11) is 7.44. The summed E-state index contributed by atoms with van der Waals surface area (Å²) < 4.78 is 0. The van der Waals surface area contributed by atoms with Crippen LogP contribution in [0.4, 0.5) is 34.1 Å². The van der Waals surface area contributed by atoms with Gasteiger partial charge in [-0.15, -0.1) is 0 Å². The molecule has 0 atom stereocenters. The number of nitro benzene ring substituents is 2. The van der Waals surface area contributed by atoms with Crippen LogP contribution in [0.3, 0.4) is 0 Å². The Balaban J connectivity index is 1.90. The molecule has 29 heavy (non-hydrogen) atoms. The van der Waals surface area contributed by atoms with Gasteiger partial charge in [0.15, 0.2) is 0 Å². The quantitative estimate of drug-likeness (QED) is 0.573. The molecule has 4 rings (SSSR count). The maximum Gasteiger partial charge on any atom is 0.271 e. The van der Waals surface area contributed by atoms with E-state index in [0.29, 0.717) is 19.8 Å². The number of rotatable bonds is 4. The Labute approximate surface area is 167 Å². The van der Waals surface area contributed by atoms with E-state index in [1.54, 1.807) is 24.3 Å². The molecule has 10 heteroatoms. The number of hydrogen-bond acceptors (Lipinski definition) is 8. The van der Waals surface area contributed by atoms with E-state index < -0.39 is 0 Å². The topological polar surface area (TPSA) is 99.2 Å². The summed E-state index contributed by atoms with van der Waals surface area (Å²) in [6, 6.07) is 6.44. The first-order chi connectivity index (χ1) is 13.7. The van der Waals surface area contributed by atoms with Crippen molar-refractivity contribution >= 4 is 34.1 Å². The zero-order valence-corrected chi connectivity index (χ0v) is 16.7. The van der Waals surface area contributed by atoms with Gasteiger partial charge in [0.25, 0.3) is 11.4 Å². The van der Waals surface area contributed by atoms with Gasteiger partial charge in [-0.2, -0.15) is 0 Å². The predicted octanol–water partition coefficient (Wildman–Crippen LogP) is 2.93. The zero-order chi connectivity index (χ0) is 21.0. The third-order valence-electron chi connectivity index (χ3n) is 5.39. The van der Waals surface area contributed by atoms with Crippen LogP contribution in [0, 0.1) is 20.2 Å². The molecule has 0 saturated carbocycles. The lowest BCUT2D eigenvalue weighted by molar-refractivity contribution is -0.385. The highest BCUT2D eigenvalue weighted by atomic mass is 16.6. The van der Waals surface area contributed by atoms with Crippen LogP contribution >= 0.6 is 0 Å². The minimum absolute atomic E-state index is 0.0616. The monoisotopic (exact) mass is 398 g/mol. The molecule has 0 spiro atoms. The van der Waals surface area contributed by atoms with Crippen LogP contribution in [0.1, 0.15) is 11.1 Å². The molecule has 2 heterocycles. The summed E-state index contributed by atoms with van der Waals surface area (Å²) in [5.74, 6) is 0. The van der Waals surface area contributed by atoms with Gasteiger partial charge in [0.2, 0.25) is 0 Å². The molecule has 0 amide bonds. The second-order valence-corrected chi connectivity index (χ2v) is 7.79. The summed E-state index contributed by atoms with van der Waals surface area (Å²) in [5.41, 5.74) is 5.32. The van der Waals surface area contributed by atoms with Crippen LogP contribution in [0.15, 0.2) is 24.3 Å². The number of hydrogen-bond donors (Lipinski definition) is 0. The lowest BCUT2D eigenvalue weighted by atomic mass is 9.98. The Hall–Kier alpha value is -3.56. The van der Waals surface area contributed by atoms with E-state index in [1.165, 1.54) is 0 Å². The molecule has 2 aromatic rings. The number of anilines is 4. The highest BCUT2D eigenvalue weighted by Crippen LogP contribution is 2.47. The van der Waals surface area contributed by atoms with Crippen molar-refractivity contribution in [2.24, 2.45) is 0 Å². The minimum atomic E-state index is -0.370. The van der Waals surface area contributed by atoms with Crippen LogP contribution in [0.2, 0.25) is 0 Å². The molecule has 0 N–H and O–H groups in total.